The Hall–Kier alpha value is -1.52. The molecule has 0 heterocycles. The van der Waals surface area contributed by atoms with E-state index in [9.17, 15) is 9.59 Å². The molecule has 1 rings (SSSR count). The molecule has 0 N–H and O–H groups in total. The summed E-state index contributed by atoms with van der Waals surface area (Å²) in [5, 5.41) is 0. The van der Waals surface area contributed by atoms with Crippen LogP contribution in [0.5, 0.6) is 0 Å². The Balaban J connectivity index is 2.87. The molecule has 0 saturated heterocycles. The quantitative estimate of drug-likeness (QED) is 0.307. The topological polar surface area (TPSA) is 52.6 Å². The van der Waals surface area contributed by atoms with Gasteiger partial charge in [-0.25, -0.2) is 0 Å². The van der Waals surface area contributed by atoms with Crippen molar-refractivity contribution in [1.82, 2.24) is 0 Å². The molecule has 0 spiro atoms. The first-order valence-corrected chi connectivity index (χ1v) is 10.6. The fraction of sp³-hybridized carbons (Fsp3) is 0.667. The Kier molecular flexibility index (Phi) is 10.6. The summed E-state index contributed by atoms with van der Waals surface area (Å²) < 4.78 is 11.0. The Morgan fingerprint density at radius 1 is 1.07 bits per heavy atom. The van der Waals surface area contributed by atoms with Crippen LogP contribution in [0.1, 0.15) is 78.6 Å². The maximum Gasteiger partial charge on any atom is 0.198 e. The lowest BCUT2D eigenvalue weighted by atomic mass is 9.74. The molecule has 0 radical (unpaired) electrons. The first-order chi connectivity index (χ1) is 13.4. The fourth-order valence-corrected chi connectivity index (χ4v) is 3.78. The molecule has 0 aliphatic heterocycles. The number of allylic oxidation sites excluding steroid dienone is 2. The molecule has 0 amide bonds. The predicted octanol–water partition coefficient (Wildman–Crippen LogP) is 5.52. The molecule has 0 aromatic rings. The van der Waals surface area contributed by atoms with Gasteiger partial charge in [0.25, 0.3) is 0 Å². The molecule has 1 aliphatic carbocycles. The van der Waals surface area contributed by atoms with E-state index in [1.165, 1.54) is 52.7 Å². The number of unbranched alkanes of at least 4 members (excludes halogenated alkanes) is 7. The highest BCUT2D eigenvalue weighted by atomic mass is 16.5. The van der Waals surface area contributed by atoms with Crippen LogP contribution in [-0.4, -0.2) is 37.5 Å². The Morgan fingerprint density at radius 3 is 2.14 bits per heavy atom. The molecule has 0 bridgehead atoms. The van der Waals surface area contributed by atoms with Crippen LogP contribution in [0.4, 0.5) is 0 Å². The number of Topliss-reactive ketones (excluding diaryl/α,β-unsaturated/α-hetero) is 2. The summed E-state index contributed by atoms with van der Waals surface area (Å²) in [5.74, 6) is -0.343. The van der Waals surface area contributed by atoms with Crippen LogP contribution in [0.15, 0.2) is 35.5 Å². The summed E-state index contributed by atoms with van der Waals surface area (Å²) in [7, 11) is 2.89. The molecule has 0 fully saturated rings. The average Bonchev–Trinajstić information content (AvgIpc) is 2.68. The summed E-state index contributed by atoms with van der Waals surface area (Å²) >= 11 is 0. The van der Waals surface area contributed by atoms with Crippen LogP contribution >= 0.6 is 0 Å². The van der Waals surface area contributed by atoms with Crippen molar-refractivity contribution in [1.29, 1.82) is 0 Å². The second-order valence-electron chi connectivity index (χ2n) is 7.81. The molecule has 158 valence electrons. The fourth-order valence-electron chi connectivity index (χ4n) is 3.78. The summed E-state index contributed by atoms with van der Waals surface area (Å²) in [5.41, 5.74) is 0.455. The summed E-state index contributed by atoms with van der Waals surface area (Å²) in [6.45, 7) is 9.62. The maximum absolute atomic E-state index is 13.4. The van der Waals surface area contributed by atoms with E-state index in [0.717, 1.165) is 18.4 Å². The van der Waals surface area contributed by atoms with Crippen molar-refractivity contribution in [2.45, 2.75) is 90.3 Å². The summed E-state index contributed by atoms with van der Waals surface area (Å²) in [6, 6.07) is 0. The van der Waals surface area contributed by atoms with Crippen molar-refractivity contribution < 1.29 is 19.1 Å². The van der Waals surface area contributed by atoms with Crippen LogP contribution in [0, 0.1) is 0 Å². The van der Waals surface area contributed by atoms with Gasteiger partial charge in [0.15, 0.2) is 23.3 Å². The Morgan fingerprint density at radius 2 is 1.64 bits per heavy atom. The highest BCUT2D eigenvalue weighted by Crippen LogP contribution is 2.35. The largest absolute Gasteiger partial charge is 0.369 e. The number of hydrogen-bond acceptors (Lipinski definition) is 4. The molecule has 0 aromatic heterocycles. The Bertz CT molecular complexity index is 614. The van der Waals surface area contributed by atoms with E-state index in [-0.39, 0.29) is 11.6 Å². The highest BCUT2D eigenvalue weighted by Gasteiger charge is 2.53. The number of ether oxygens (including phenoxy) is 2. The molecule has 4 nitrogen and oxygen atoms in total. The SMILES string of the molecule is C=C(C)C=CC1(OC)C(=O)C(CCCCCCCCCC)=C(C)C(=O)C1OC. The van der Waals surface area contributed by atoms with Crippen molar-refractivity contribution >= 4 is 11.6 Å². The van der Waals surface area contributed by atoms with Gasteiger partial charge in [-0.15, -0.1) is 0 Å². The van der Waals surface area contributed by atoms with Crippen molar-refractivity contribution in [2.75, 3.05) is 14.2 Å². The van der Waals surface area contributed by atoms with Gasteiger partial charge in [0.1, 0.15) is 0 Å². The van der Waals surface area contributed by atoms with Crippen LogP contribution in [0.2, 0.25) is 0 Å². The molecule has 0 aromatic carbocycles. The van der Waals surface area contributed by atoms with Gasteiger partial charge in [0, 0.05) is 25.4 Å². The van der Waals surface area contributed by atoms with Gasteiger partial charge < -0.3 is 9.47 Å². The Labute approximate surface area is 171 Å². The first kappa shape index (κ1) is 24.5. The lowest BCUT2D eigenvalue weighted by Crippen LogP contribution is -2.58. The zero-order valence-electron chi connectivity index (χ0n) is 18.4. The summed E-state index contributed by atoms with van der Waals surface area (Å²) in [6.07, 6.45) is 12.5. The second-order valence-corrected chi connectivity index (χ2v) is 7.81. The van der Waals surface area contributed by atoms with E-state index in [0.29, 0.717) is 17.6 Å². The number of ketones is 2. The van der Waals surface area contributed by atoms with Gasteiger partial charge in [0.2, 0.25) is 0 Å². The highest BCUT2D eigenvalue weighted by molar-refractivity contribution is 6.19. The van der Waals surface area contributed by atoms with E-state index >= 15 is 0 Å². The van der Waals surface area contributed by atoms with Gasteiger partial charge >= 0.3 is 0 Å². The average molecular weight is 391 g/mol. The molecular weight excluding hydrogens is 352 g/mol. The zero-order chi connectivity index (χ0) is 21.2. The van der Waals surface area contributed by atoms with Gasteiger partial charge in [-0.2, -0.15) is 0 Å². The van der Waals surface area contributed by atoms with E-state index in [1.54, 1.807) is 19.1 Å². The minimum atomic E-state index is -1.42. The molecule has 1 aliphatic rings. The lowest BCUT2D eigenvalue weighted by molar-refractivity contribution is -0.158. The maximum atomic E-state index is 13.4. The molecule has 4 heteroatoms. The lowest BCUT2D eigenvalue weighted by Gasteiger charge is -2.38. The van der Waals surface area contributed by atoms with Crippen LogP contribution in [-0.2, 0) is 19.1 Å². The van der Waals surface area contributed by atoms with Crippen LogP contribution in [0.3, 0.4) is 0 Å². The third-order valence-electron chi connectivity index (χ3n) is 5.55. The monoisotopic (exact) mass is 390 g/mol. The van der Waals surface area contributed by atoms with E-state index in [2.05, 4.69) is 13.5 Å². The number of rotatable bonds is 13. The van der Waals surface area contributed by atoms with E-state index < -0.39 is 11.7 Å². The van der Waals surface area contributed by atoms with Crippen molar-refractivity contribution in [3.05, 3.63) is 35.5 Å². The summed E-state index contributed by atoms with van der Waals surface area (Å²) in [4.78, 5) is 26.3. The molecule has 2 atom stereocenters. The van der Waals surface area contributed by atoms with E-state index in [1.807, 2.05) is 6.92 Å². The number of carbonyl (C=O) groups is 2. The number of carbonyl (C=O) groups excluding carboxylic acids is 2. The standard InChI is InChI=1S/C24H38O4/c1-7-8-9-10-11-12-13-14-15-20-19(4)21(25)23(27-5)24(28-6,22(20)26)17-16-18(2)3/h16-17,23H,2,7-15H2,1,3-6H3. The predicted molar refractivity (Wildman–Crippen MR) is 114 cm³/mol. The van der Waals surface area contributed by atoms with Crippen molar-refractivity contribution in [3.8, 4) is 0 Å². The van der Waals surface area contributed by atoms with E-state index in [4.69, 9.17) is 9.47 Å². The third-order valence-corrected chi connectivity index (χ3v) is 5.55. The van der Waals surface area contributed by atoms with Gasteiger partial charge in [-0.05, 0) is 32.8 Å². The molecule has 0 saturated carbocycles. The normalized spacial score (nSPS) is 23.1. The zero-order valence-corrected chi connectivity index (χ0v) is 18.4. The number of methoxy groups -OCH3 is 2. The minimum Gasteiger partial charge on any atom is -0.369 e. The van der Waals surface area contributed by atoms with Gasteiger partial charge in [0.05, 0.1) is 0 Å². The van der Waals surface area contributed by atoms with Gasteiger partial charge in [-0.1, -0.05) is 70.1 Å². The molecule has 28 heavy (non-hydrogen) atoms. The minimum absolute atomic E-state index is 0.167. The smallest absolute Gasteiger partial charge is 0.198 e. The van der Waals surface area contributed by atoms with Gasteiger partial charge in [-0.3, -0.25) is 9.59 Å². The van der Waals surface area contributed by atoms with Crippen LogP contribution in [0.25, 0.3) is 0 Å². The third kappa shape index (κ3) is 5.99. The van der Waals surface area contributed by atoms with Crippen molar-refractivity contribution in [3.63, 3.8) is 0 Å². The molecule has 2 unspecified atom stereocenters. The van der Waals surface area contributed by atoms with Crippen molar-refractivity contribution in [2.24, 2.45) is 0 Å². The first-order valence-electron chi connectivity index (χ1n) is 10.6. The second kappa shape index (κ2) is 12.1. The molecular formula is C24H38O4. The van der Waals surface area contributed by atoms with Crippen LogP contribution < -0.4 is 0 Å². The number of hydrogen-bond donors (Lipinski definition) is 0.